The standard InChI is InChI=1S/C16H12Br2O/c17-15(11-13-7-3-1-4-8-13)19-16(18)12-14-9-5-2-6-10-14/h1-12H/b15-11+,16-12+. The second-order valence-electron chi connectivity index (χ2n) is 3.82. The molecule has 0 saturated heterocycles. The Morgan fingerprint density at radius 2 is 1.05 bits per heavy atom. The van der Waals surface area contributed by atoms with Gasteiger partial charge in [0.15, 0.2) is 9.34 Å². The monoisotopic (exact) mass is 378 g/mol. The Labute approximate surface area is 129 Å². The lowest BCUT2D eigenvalue weighted by Gasteiger charge is -2.03. The highest BCUT2D eigenvalue weighted by molar-refractivity contribution is 9.12. The Balaban J connectivity index is 2.05. The Bertz CT molecular complexity index is 521. The topological polar surface area (TPSA) is 9.23 Å². The summed E-state index contributed by atoms with van der Waals surface area (Å²) >= 11 is 6.79. The largest absolute Gasteiger partial charge is 0.443 e. The average Bonchev–Trinajstić information content (AvgIpc) is 2.40. The van der Waals surface area contributed by atoms with Gasteiger partial charge in [0.05, 0.1) is 0 Å². The summed E-state index contributed by atoms with van der Waals surface area (Å²) in [6, 6.07) is 20.0. The lowest BCUT2D eigenvalue weighted by Crippen LogP contribution is -1.81. The van der Waals surface area contributed by atoms with Crippen LogP contribution >= 0.6 is 31.9 Å². The van der Waals surface area contributed by atoms with Crippen LogP contribution in [0.15, 0.2) is 70.0 Å². The molecule has 0 saturated carbocycles. The van der Waals surface area contributed by atoms with E-state index in [1.807, 2.05) is 72.8 Å². The van der Waals surface area contributed by atoms with Crippen molar-refractivity contribution in [2.75, 3.05) is 0 Å². The van der Waals surface area contributed by atoms with E-state index in [0.717, 1.165) is 11.1 Å². The predicted octanol–water partition coefficient (Wildman–Crippen LogP) is 5.79. The molecule has 0 heterocycles. The van der Waals surface area contributed by atoms with Crippen LogP contribution in [-0.4, -0.2) is 0 Å². The van der Waals surface area contributed by atoms with E-state index < -0.39 is 0 Å². The van der Waals surface area contributed by atoms with E-state index in [-0.39, 0.29) is 0 Å². The molecule has 0 aliphatic rings. The van der Waals surface area contributed by atoms with Crippen molar-refractivity contribution in [3.8, 4) is 0 Å². The first-order valence-corrected chi connectivity index (χ1v) is 7.35. The third-order valence-electron chi connectivity index (χ3n) is 2.35. The molecule has 2 rings (SSSR count). The fourth-order valence-corrected chi connectivity index (χ4v) is 2.61. The lowest BCUT2D eigenvalue weighted by molar-refractivity contribution is 0.388. The van der Waals surface area contributed by atoms with Crippen LogP contribution in [0, 0.1) is 0 Å². The predicted molar refractivity (Wildman–Crippen MR) is 87.8 cm³/mol. The average molecular weight is 380 g/mol. The highest BCUT2D eigenvalue weighted by Gasteiger charge is 1.98. The molecule has 2 aromatic carbocycles. The van der Waals surface area contributed by atoms with Crippen LogP contribution in [0.2, 0.25) is 0 Å². The van der Waals surface area contributed by atoms with E-state index in [1.165, 1.54) is 0 Å². The maximum Gasteiger partial charge on any atom is 0.171 e. The Morgan fingerprint density at radius 3 is 1.42 bits per heavy atom. The quantitative estimate of drug-likeness (QED) is 0.611. The van der Waals surface area contributed by atoms with Crippen molar-refractivity contribution in [2.45, 2.75) is 0 Å². The minimum atomic E-state index is 0.651. The Hall–Kier alpha value is -1.32. The molecule has 0 radical (unpaired) electrons. The number of rotatable bonds is 4. The van der Waals surface area contributed by atoms with E-state index in [1.54, 1.807) is 0 Å². The number of benzene rings is 2. The first-order chi connectivity index (χ1) is 9.24. The van der Waals surface area contributed by atoms with Crippen molar-refractivity contribution in [3.63, 3.8) is 0 Å². The van der Waals surface area contributed by atoms with Crippen LogP contribution in [-0.2, 0) is 4.74 Å². The van der Waals surface area contributed by atoms with Crippen LogP contribution in [0.3, 0.4) is 0 Å². The molecular weight excluding hydrogens is 368 g/mol. The lowest BCUT2D eigenvalue weighted by atomic mass is 10.2. The summed E-state index contributed by atoms with van der Waals surface area (Å²) < 4.78 is 6.92. The van der Waals surface area contributed by atoms with Gasteiger partial charge >= 0.3 is 0 Å². The van der Waals surface area contributed by atoms with Crippen LogP contribution < -0.4 is 0 Å². The van der Waals surface area contributed by atoms with Crippen molar-refractivity contribution < 1.29 is 4.74 Å². The van der Waals surface area contributed by atoms with E-state index in [4.69, 9.17) is 4.74 Å². The molecule has 1 nitrogen and oxygen atoms in total. The summed E-state index contributed by atoms with van der Waals surface area (Å²) in [4.78, 5) is 0. The molecule has 2 aromatic rings. The van der Waals surface area contributed by atoms with Gasteiger partial charge in [-0.25, -0.2) is 0 Å². The third kappa shape index (κ3) is 5.05. The Morgan fingerprint density at radius 1 is 0.684 bits per heavy atom. The van der Waals surface area contributed by atoms with Crippen LogP contribution in [0.1, 0.15) is 11.1 Å². The smallest absolute Gasteiger partial charge is 0.171 e. The molecule has 0 fully saturated rings. The van der Waals surface area contributed by atoms with Crippen LogP contribution in [0.25, 0.3) is 12.2 Å². The van der Waals surface area contributed by atoms with Gasteiger partial charge in [-0.15, -0.1) is 0 Å². The highest BCUT2D eigenvalue weighted by Crippen LogP contribution is 2.22. The zero-order valence-electron chi connectivity index (χ0n) is 10.1. The van der Waals surface area contributed by atoms with Gasteiger partial charge in [0.2, 0.25) is 0 Å². The summed E-state index contributed by atoms with van der Waals surface area (Å²) in [6.45, 7) is 0. The number of hydrogen-bond donors (Lipinski definition) is 0. The van der Waals surface area contributed by atoms with Crippen molar-refractivity contribution in [1.82, 2.24) is 0 Å². The van der Waals surface area contributed by atoms with Gasteiger partial charge in [0.1, 0.15) is 0 Å². The maximum absolute atomic E-state index is 5.61. The molecular formula is C16H12Br2O. The Kier molecular flexibility index (Phi) is 5.43. The molecule has 0 aliphatic carbocycles. The molecule has 0 spiro atoms. The number of hydrogen-bond acceptors (Lipinski definition) is 1. The molecule has 0 atom stereocenters. The summed E-state index contributed by atoms with van der Waals surface area (Å²) in [5, 5.41) is 0. The van der Waals surface area contributed by atoms with Gasteiger partial charge < -0.3 is 4.74 Å². The molecule has 0 N–H and O–H groups in total. The minimum absolute atomic E-state index is 0.651. The first kappa shape index (κ1) is 14.1. The van der Waals surface area contributed by atoms with E-state index in [9.17, 15) is 0 Å². The number of ether oxygens (including phenoxy) is 1. The molecule has 0 aromatic heterocycles. The van der Waals surface area contributed by atoms with Crippen molar-refractivity contribution in [3.05, 3.63) is 81.1 Å². The van der Waals surface area contributed by atoms with Gasteiger partial charge in [-0.05, 0) is 55.1 Å². The second kappa shape index (κ2) is 7.31. The van der Waals surface area contributed by atoms with Crippen molar-refractivity contribution in [2.24, 2.45) is 0 Å². The van der Waals surface area contributed by atoms with E-state index in [2.05, 4.69) is 31.9 Å². The molecule has 0 unspecified atom stereocenters. The van der Waals surface area contributed by atoms with Gasteiger partial charge in [0.25, 0.3) is 0 Å². The summed E-state index contributed by atoms with van der Waals surface area (Å²) in [6.07, 6.45) is 3.83. The molecule has 0 amide bonds. The second-order valence-corrected chi connectivity index (χ2v) is 5.38. The van der Waals surface area contributed by atoms with Crippen LogP contribution in [0.5, 0.6) is 0 Å². The first-order valence-electron chi connectivity index (χ1n) is 5.76. The molecule has 3 heteroatoms. The normalized spacial score (nSPS) is 12.3. The SMILES string of the molecule is Br/C(=C\c1ccccc1)O/C(Br)=C/c1ccccc1. The molecule has 19 heavy (non-hydrogen) atoms. The third-order valence-corrected chi connectivity index (χ3v) is 3.14. The van der Waals surface area contributed by atoms with Crippen molar-refractivity contribution >= 4 is 44.0 Å². The van der Waals surface area contributed by atoms with Gasteiger partial charge in [0, 0.05) is 0 Å². The van der Waals surface area contributed by atoms with Gasteiger partial charge in [-0.1, -0.05) is 60.7 Å². The fraction of sp³-hybridized carbons (Fsp3) is 0. The summed E-state index contributed by atoms with van der Waals surface area (Å²) in [5.41, 5.74) is 2.16. The zero-order valence-corrected chi connectivity index (χ0v) is 13.3. The fourth-order valence-electron chi connectivity index (χ4n) is 1.51. The maximum atomic E-state index is 5.61. The minimum Gasteiger partial charge on any atom is -0.443 e. The zero-order chi connectivity index (χ0) is 13.5. The van der Waals surface area contributed by atoms with E-state index >= 15 is 0 Å². The van der Waals surface area contributed by atoms with Gasteiger partial charge in [-0.3, -0.25) is 0 Å². The molecule has 0 bridgehead atoms. The van der Waals surface area contributed by atoms with Gasteiger partial charge in [-0.2, -0.15) is 0 Å². The van der Waals surface area contributed by atoms with Crippen LogP contribution in [0.4, 0.5) is 0 Å². The number of halogens is 2. The summed E-state index contributed by atoms with van der Waals surface area (Å²) in [7, 11) is 0. The van der Waals surface area contributed by atoms with Crippen molar-refractivity contribution in [1.29, 1.82) is 0 Å². The molecule has 96 valence electrons. The van der Waals surface area contributed by atoms with E-state index in [0.29, 0.717) is 9.34 Å². The highest BCUT2D eigenvalue weighted by atomic mass is 79.9. The molecule has 0 aliphatic heterocycles. The summed E-state index contributed by atoms with van der Waals surface area (Å²) in [5.74, 6) is 0.